The molecular formula is C11H13N. The van der Waals surface area contributed by atoms with Crippen molar-refractivity contribution in [3.05, 3.63) is 28.8 Å². The molecule has 0 amide bonds. The van der Waals surface area contributed by atoms with Crippen LogP contribution in [-0.2, 0) is 6.42 Å². The fraction of sp³-hybridized carbons (Fsp3) is 0.364. The minimum Gasteiger partial charge on any atom is -0.257 e. The van der Waals surface area contributed by atoms with E-state index in [4.69, 9.17) is 0 Å². The van der Waals surface area contributed by atoms with Crippen LogP contribution in [0.3, 0.4) is 0 Å². The highest BCUT2D eigenvalue weighted by Gasteiger charge is 2.14. The third-order valence-corrected chi connectivity index (χ3v) is 2.45. The van der Waals surface area contributed by atoms with Gasteiger partial charge < -0.3 is 0 Å². The molecule has 0 fully saturated rings. The Morgan fingerprint density at radius 2 is 1.75 bits per heavy atom. The van der Waals surface area contributed by atoms with Gasteiger partial charge in [0.05, 0.1) is 5.69 Å². The van der Waals surface area contributed by atoms with Gasteiger partial charge in [0.2, 0.25) is 0 Å². The van der Waals surface area contributed by atoms with Gasteiger partial charge in [-0.05, 0) is 37.5 Å². The molecule has 0 saturated carbocycles. The first kappa shape index (κ1) is 7.53. The Bertz CT molecular complexity index is 362. The summed E-state index contributed by atoms with van der Waals surface area (Å²) in [5.41, 5.74) is 6.55. The Hall–Kier alpha value is -1.11. The summed E-state index contributed by atoms with van der Waals surface area (Å²) in [6.07, 6.45) is 1.04. The van der Waals surface area contributed by atoms with Crippen LogP contribution < -0.4 is 0 Å². The van der Waals surface area contributed by atoms with Crippen LogP contribution >= 0.6 is 0 Å². The van der Waals surface area contributed by atoms with E-state index in [0.717, 1.165) is 6.42 Å². The van der Waals surface area contributed by atoms with E-state index in [1.165, 1.54) is 28.1 Å². The maximum atomic E-state index is 4.53. The monoisotopic (exact) mass is 159 g/mol. The predicted octanol–water partition coefficient (Wildman–Crippen LogP) is 2.95. The number of fused-ring (bicyclic) bond motifs is 1. The van der Waals surface area contributed by atoms with Gasteiger partial charge in [0.1, 0.15) is 0 Å². The van der Waals surface area contributed by atoms with Gasteiger partial charge in [-0.2, -0.15) is 0 Å². The molecule has 0 bridgehead atoms. The van der Waals surface area contributed by atoms with E-state index in [1.54, 1.807) is 0 Å². The topological polar surface area (TPSA) is 12.4 Å². The normalized spacial score (nSPS) is 14.4. The van der Waals surface area contributed by atoms with E-state index >= 15 is 0 Å². The fourth-order valence-electron chi connectivity index (χ4n) is 1.72. The zero-order valence-electron chi connectivity index (χ0n) is 7.81. The molecule has 2 rings (SSSR count). The summed E-state index contributed by atoms with van der Waals surface area (Å²) in [5.74, 6) is 0. The van der Waals surface area contributed by atoms with Crippen molar-refractivity contribution < 1.29 is 0 Å². The standard InChI is InChI=1S/C11H13N/c1-7-4-5-8(2)11-10(7)6-9(3)12-11/h4-5H,6H2,1-3H3. The van der Waals surface area contributed by atoms with Crippen LogP contribution in [0.5, 0.6) is 0 Å². The Balaban J connectivity index is 2.66. The van der Waals surface area contributed by atoms with Crippen molar-refractivity contribution in [2.45, 2.75) is 27.2 Å². The number of nitrogens with zero attached hydrogens (tertiary/aromatic N) is 1. The minimum absolute atomic E-state index is 1.04. The Morgan fingerprint density at radius 1 is 1.08 bits per heavy atom. The molecule has 0 atom stereocenters. The second-order valence-electron chi connectivity index (χ2n) is 3.55. The smallest absolute Gasteiger partial charge is 0.0696 e. The number of aliphatic imine (C=N–C) groups is 1. The summed E-state index contributed by atoms with van der Waals surface area (Å²) >= 11 is 0. The lowest BCUT2D eigenvalue weighted by Crippen LogP contribution is -1.91. The van der Waals surface area contributed by atoms with Crippen molar-refractivity contribution in [1.29, 1.82) is 0 Å². The quantitative estimate of drug-likeness (QED) is 0.552. The van der Waals surface area contributed by atoms with Crippen LogP contribution in [0.4, 0.5) is 5.69 Å². The van der Waals surface area contributed by atoms with Crippen molar-refractivity contribution in [2.75, 3.05) is 0 Å². The second-order valence-corrected chi connectivity index (χ2v) is 3.55. The lowest BCUT2D eigenvalue weighted by molar-refractivity contribution is 1.27. The lowest BCUT2D eigenvalue weighted by atomic mass is 10.0. The Kier molecular flexibility index (Phi) is 1.53. The highest BCUT2D eigenvalue weighted by atomic mass is 14.8. The molecule has 0 aliphatic carbocycles. The highest BCUT2D eigenvalue weighted by molar-refractivity contribution is 5.93. The van der Waals surface area contributed by atoms with Gasteiger partial charge in [-0.15, -0.1) is 0 Å². The number of hydrogen-bond acceptors (Lipinski definition) is 1. The molecule has 0 radical (unpaired) electrons. The molecule has 0 unspecified atom stereocenters. The van der Waals surface area contributed by atoms with Crippen LogP contribution in [0.1, 0.15) is 23.6 Å². The van der Waals surface area contributed by atoms with Gasteiger partial charge in [0.15, 0.2) is 0 Å². The lowest BCUT2D eigenvalue weighted by Gasteiger charge is -2.04. The molecule has 1 aliphatic heterocycles. The number of benzene rings is 1. The van der Waals surface area contributed by atoms with E-state index < -0.39 is 0 Å². The average Bonchev–Trinajstić information content (AvgIpc) is 2.41. The molecule has 62 valence electrons. The van der Waals surface area contributed by atoms with E-state index in [1.807, 2.05) is 0 Å². The predicted molar refractivity (Wildman–Crippen MR) is 52.4 cm³/mol. The first-order valence-corrected chi connectivity index (χ1v) is 4.32. The molecule has 1 heteroatoms. The number of aryl methyl sites for hydroxylation is 2. The van der Waals surface area contributed by atoms with E-state index in [-0.39, 0.29) is 0 Å². The molecule has 0 aromatic heterocycles. The third-order valence-electron chi connectivity index (χ3n) is 2.45. The van der Waals surface area contributed by atoms with Crippen molar-refractivity contribution in [1.82, 2.24) is 0 Å². The zero-order chi connectivity index (χ0) is 8.72. The van der Waals surface area contributed by atoms with Gasteiger partial charge in [-0.1, -0.05) is 12.1 Å². The van der Waals surface area contributed by atoms with Gasteiger partial charge in [-0.25, -0.2) is 0 Å². The van der Waals surface area contributed by atoms with Gasteiger partial charge in [0, 0.05) is 12.1 Å². The van der Waals surface area contributed by atoms with E-state index in [2.05, 4.69) is 37.9 Å². The zero-order valence-corrected chi connectivity index (χ0v) is 7.81. The minimum atomic E-state index is 1.04. The first-order chi connectivity index (χ1) is 5.68. The molecule has 1 heterocycles. The largest absolute Gasteiger partial charge is 0.257 e. The van der Waals surface area contributed by atoms with E-state index in [9.17, 15) is 0 Å². The summed E-state index contributed by atoms with van der Waals surface area (Å²) in [5, 5.41) is 0. The summed E-state index contributed by atoms with van der Waals surface area (Å²) in [4.78, 5) is 4.53. The van der Waals surface area contributed by atoms with Crippen molar-refractivity contribution in [2.24, 2.45) is 4.99 Å². The van der Waals surface area contributed by atoms with E-state index in [0.29, 0.717) is 0 Å². The second kappa shape index (κ2) is 2.44. The molecule has 0 N–H and O–H groups in total. The molecule has 1 aromatic rings. The van der Waals surface area contributed by atoms with Crippen LogP contribution in [-0.4, -0.2) is 5.71 Å². The SMILES string of the molecule is CC1=Nc2c(C)ccc(C)c2C1. The average molecular weight is 159 g/mol. The van der Waals surface area contributed by atoms with Crippen LogP contribution in [0.25, 0.3) is 0 Å². The maximum absolute atomic E-state index is 4.53. The Morgan fingerprint density at radius 3 is 2.42 bits per heavy atom. The third kappa shape index (κ3) is 0.970. The molecule has 12 heavy (non-hydrogen) atoms. The number of rotatable bonds is 0. The first-order valence-electron chi connectivity index (χ1n) is 4.32. The summed E-state index contributed by atoms with van der Waals surface area (Å²) in [6, 6.07) is 4.33. The Labute approximate surface area is 73.1 Å². The van der Waals surface area contributed by atoms with Crippen molar-refractivity contribution in [3.63, 3.8) is 0 Å². The van der Waals surface area contributed by atoms with Gasteiger partial charge in [0.25, 0.3) is 0 Å². The number of hydrogen-bond donors (Lipinski definition) is 0. The molecule has 1 aromatic carbocycles. The molecule has 0 saturated heterocycles. The fourth-order valence-corrected chi connectivity index (χ4v) is 1.72. The van der Waals surface area contributed by atoms with Gasteiger partial charge >= 0.3 is 0 Å². The summed E-state index contributed by atoms with van der Waals surface area (Å²) in [6.45, 7) is 6.38. The van der Waals surface area contributed by atoms with Crippen molar-refractivity contribution in [3.8, 4) is 0 Å². The highest BCUT2D eigenvalue weighted by Crippen LogP contribution is 2.32. The van der Waals surface area contributed by atoms with Crippen molar-refractivity contribution >= 4 is 11.4 Å². The molecular weight excluding hydrogens is 146 g/mol. The summed E-state index contributed by atoms with van der Waals surface area (Å²) < 4.78 is 0. The van der Waals surface area contributed by atoms with Gasteiger partial charge in [-0.3, -0.25) is 4.99 Å². The van der Waals surface area contributed by atoms with Crippen LogP contribution in [0, 0.1) is 13.8 Å². The molecule has 1 nitrogen and oxygen atoms in total. The molecule has 1 aliphatic rings. The van der Waals surface area contributed by atoms with Crippen LogP contribution in [0.2, 0.25) is 0 Å². The van der Waals surface area contributed by atoms with Crippen LogP contribution in [0.15, 0.2) is 17.1 Å². The molecule has 0 spiro atoms. The summed E-state index contributed by atoms with van der Waals surface area (Å²) in [7, 11) is 0. The maximum Gasteiger partial charge on any atom is 0.0696 e.